The van der Waals surface area contributed by atoms with Crippen LogP contribution in [0, 0.1) is 6.92 Å². The molecule has 0 aliphatic heterocycles. The number of carbonyl (C=O) groups is 1. The third kappa shape index (κ3) is 5.33. The van der Waals surface area contributed by atoms with Crippen molar-refractivity contribution in [2.45, 2.75) is 39.8 Å². The van der Waals surface area contributed by atoms with Gasteiger partial charge in [0.15, 0.2) is 6.23 Å². The minimum atomic E-state index is -0.426. The van der Waals surface area contributed by atoms with Gasteiger partial charge in [-0.2, -0.15) is 0 Å². The molecule has 0 bridgehead atoms. The van der Waals surface area contributed by atoms with E-state index in [1.807, 2.05) is 55.5 Å². The second-order valence-electron chi connectivity index (χ2n) is 5.95. The van der Waals surface area contributed by atoms with Crippen molar-refractivity contribution in [2.75, 3.05) is 5.32 Å². The number of urea groups is 1. The van der Waals surface area contributed by atoms with E-state index in [1.165, 1.54) is 5.56 Å². The number of aryl methyl sites for hydroxylation is 1. The van der Waals surface area contributed by atoms with Gasteiger partial charge in [-0.15, -0.1) is 0 Å². The van der Waals surface area contributed by atoms with E-state index in [4.69, 9.17) is 4.74 Å². The zero-order chi connectivity index (χ0) is 16.8. The second-order valence-corrected chi connectivity index (χ2v) is 5.95. The molecule has 0 aliphatic rings. The molecular weight excluding hydrogens is 288 g/mol. The Labute approximate surface area is 137 Å². The predicted molar refractivity (Wildman–Crippen MR) is 94.0 cm³/mol. The Hall–Kier alpha value is -2.49. The zero-order valence-corrected chi connectivity index (χ0v) is 14.1. The lowest BCUT2D eigenvalue weighted by molar-refractivity contribution is 0.183. The third-order valence-electron chi connectivity index (χ3n) is 3.50. The van der Waals surface area contributed by atoms with Crippen LogP contribution < -0.4 is 15.4 Å². The first kappa shape index (κ1) is 16.9. The van der Waals surface area contributed by atoms with Gasteiger partial charge < -0.3 is 15.4 Å². The topological polar surface area (TPSA) is 50.4 Å². The largest absolute Gasteiger partial charge is 0.471 e. The summed E-state index contributed by atoms with van der Waals surface area (Å²) in [7, 11) is 0. The molecule has 4 nitrogen and oxygen atoms in total. The lowest BCUT2D eigenvalue weighted by atomic mass is 10.0. The van der Waals surface area contributed by atoms with Crippen LogP contribution in [-0.4, -0.2) is 12.3 Å². The second kappa shape index (κ2) is 7.68. The van der Waals surface area contributed by atoms with Crippen molar-refractivity contribution in [1.82, 2.24) is 5.32 Å². The molecule has 0 saturated carbocycles. The van der Waals surface area contributed by atoms with Gasteiger partial charge >= 0.3 is 6.03 Å². The van der Waals surface area contributed by atoms with Crippen molar-refractivity contribution in [1.29, 1.82) is 0 Å². The Morgan fingerprint density at radius 1 is 0.957 bits per heavy atom. The molecule has 1 unspecified atom stereocenters. The molecule has 122 valence electrons. The summed E-state index contributed by atoms with van der Waals surface area (Å²) in [5, 5.41) is 5.54. The quantitative estimate of drug-likeness (QED) is 0.789. The van der Waals surface area contributed by atoms with Crippen molar-refractivity contribution < 1.29 is 9.53 Å². The molecule has 0 aromatic heterocycles. The number of benzene rings is 2. The van der Waals surface area contributed by atoms with Crippen molar-refractivity contribution in [3.63, 3.8) is 0 Å². The van der Waals surface area contributed by atoms with E-state index in [0.717, 1.165) is 17.0 Å². The Balaban J connectivity index is 1.84. The molecule has 1 atom stereocenters. The van der Waals surface area contributed by atoms with Crippen molar-refractivity contribution in [3.8, 4) is 5.75 Å². The zero-order valence-electron chi connectivity index (χ0n) is 14.1. The van der Waals surface area contributed by atoms with Gasteiger partial charge in [0.05, 0.1) is 0 Å². The maximum Gasteiger partial charge on any atom is 0.322 e. The standard InChI is InChI=1S/C19H24N2O2/c1-13(2)16-7-11-18(12-8-16)23-15(4)20-19(22)21-17-9-5-14(3)6-10-17/h5-13,15H,1-4H3,(H2,20,21,22). The highest BCUT2D eigenvalue weighted by Crippen LogP contribution is 2.19. The maximum atomic E-state index is 11.9. The number of ether oxygens (including phenoxy) is 1. The van der Waals surface area contributed by atoms with Gasteiger partial charge in [-0.05, 0) is 49.6 Å². The van der Waals surface area contributed by atoms with Gasteiger partial charge in [0.2, 0.25) is 0 Å². The van der Waals surface area contributed by atoms with Crippen LogP contribution >= 0.6 is 0 Å². The van der Waals surface area contributed by atoms with Crippen LogP contribution in [0.3, 0.4) is 0 Å². The average Bonchev–Trinajstić information content (AvgIpc) is 2.50. The summed E-state index contributed by atoms with van der Waals surface area (Å²) >= 11 is 0. The molecule has 0 fully saturated rings. The fourth-order valence-corrected chi connectivity index (χ4v) is 2.15. The number of hydrogen-bond donors (Lipinski definition) is 2. The van der Waals surface area contributed by atoms with E-state index >= 15 is 0 Å². The van der Waals surface area contributed by atoms with Crippen molar-refractivity contribution in [2.24, 2.45) is 0 Å². The summed E-state index contributed by atoms with van der Waals surface area (Å²) in [5.41, 5.74) is 3.16. The average molecular weight is 312 g/mol. The summed E-state index contributed by atoms with van der Waals surface area (Å²) in [6.07, 6.45) is -0.426. The fourth-order valence-electron chi connectivity index (χ4n) is 2.15. The summed E-state index contributed by atoms with van der Waals surface area (Å²) in [6.45, 7) is 8.10. The highest BCUT2D eigenvalue weighted by Gasteiger charge is 2.09. The van der Waals surface area contributed by atoms with Gasteiger partial charge in [-0.1, -0.05) is 43.7 Å². The van der Waals surface area contributed by atoms with E-state index in [-0.39, 0.29) is 6.03 Å². The Morgan fingerprint density at radius 3 is 2.13 bits per heavy atom. The molecule has 0 heterocycles. The maximum absolute atomic E-state index is 11.9. The van der Waals surface area contributed by atoms with E-state index in [9.17, 15) is 4.79 Å². The molecule has 2 aromatic carbocycles. The minimum Gasteiger partial charge on any atom is -0.471 e. The van der Waals surface area contributed by atoms with E-state index < -0.39 is 6.23 Å². The number of hydrogen-bond acceptors (Lipinski definition) is 2. The van der Waals surface area contributed by atoms with Crippen LogP contribution in [-0.2, 0) is 0 Å². The number of nitrogens with one attached hydrogen (secondary N) is 2. The number of rotatable bonds is 5. The Bertz CT molecular complexity index is 633. The monoisotopic (exact) mass is 312 g/mol. The van der Waals surface area contributed by atoms with Crippen LogP contribution in [0.15, 0.2) is 48.5 Å². The highest BCUT2D eigenvalue weighted by atomic mass is 16.5. The summed E-state index contributed by atoms with van der Waals surface area (Å²) < 4.78 is 5.70. The van der Waals surface area contributed by atoms with E-state index in [1.54, 1.807) is 6.92 Å². The van der Waals surface area contributed by atoms with Crippen LogP contribution in [0.4, 0.5) is 10.5 Å². The highest BCUT2D eigenvalue weighted by molar-refractivity contribution is 5.89. The van der Waals surface area contributed by atoms with Gasteiger partial charge in [-0.3, -0.25) is 0 Å². The molecule has 0 spiro atoms. The molecule has 4 heteroatoms. The number of carbonyl (C=O) groups excluding carboxylic acids is 1. The molecule has 2 amide bonds. The predicted octanol–water partition coefficient (Wildman–Crippen LogP) is 4.66. The summed E-state index contributed by atoms with van der Waals surface area (Å²) in [4.78, 5) is 11.9. The van der Waals surface area contributed by atoms with Crippen LogP contribution in [0.25, 0.3) is 0 Å². The normalized spacial score (nSPS) is 11.9. The lowest BCUT2D eigenvalue weighted by Gasteiger charge is -2.17. The minimum absolute atomic E-state index is 0.292. The number of anilines is 1. The molecule has 0 aliphatic carbocycles. The van der Waals surface area contributed by atoms with E-state index in [0.29, 0.717) is 5.92 Å². The van der Waals surface area contributed by atoms with Gasteiger partial charge in [-0.25, -0.2) is 4.79 Å². The Morgan fingerprint density at radius 2 is 1.57 bits per heavy atom. The van der Waals surface area contributed by atoms with Crippen molar-refractivity contribution in [3.05, 3.63) is 59.7 Å². The SMILES string of the molecule is Cc1ccc(NC(=O)NC(C)Oc2ccc(C(C)C)cc2)cc1. The van der Waals surface area contributed by atoms with Crippen LogP contribution in [0.1, 0.15) is 37.8 Å². The van der Waals surface area contributed by atoms with Crippen molar-refractivity contribution >= 4 is 11.7 Å². The van der Waals surface area contributed by atoms with Gasteiger partial charge in [0.25, 0.3) is 0 Å². The fraction of sp³-hybridized carbons (Fsp3) is 0.316. The first-order valence-corrected chi connectivity index (χ1v) is 7.85. The van der Waals surface area contributed by atoms with Gasteiger partial charge in [0.1, 0.15) is 5.75 Å². The summed E-state index contributed by atoms with van der Waals surface area (Å²) in [5.74, 6) is 1.22. The third-order valence-corrected chi connectivity index (χ3v) is 3.50. The number of amides is 2. The van der Waals surface area contributed by atoms with Crippen LogP contribution in [0.5, 0.6) is 5.75 Å². The molecule has 0 radical (unpaired) electrons. The van der Waals surface area contributed by atoms with E-state index in [2.05, 4.69) is 24.5 Å². The lowest BCUT2D eigenvalue weighted by Crippen LogP contribution is -2.39. The Kier molecular flexibility index (Phi) is 5.63. The molecular formula is C19H24N2O2. The first-order chi connectivity index (χ1) is 10.9. The molecule has 2 rings (SSSR count). The van der Waals surface area contributed by atoms with Crippen LogP contribution in [0.2, 0.25) is 0 Å². The molecule has 23 heavy (non-hydrogen) atoms. The molecule has 2 aromatic rings. The first-order valence-electron chi connectivity index (χ1n) is 7.85. The molecule has 0 saturated heterocycles. The summed E-state index contributed by atoms with van der Waals surface area (Å²) in [6, 6.07) is 15.3. The smallest absolute Gasteiger partial charge is 0.322 e. The van der Waals surface area contributed by atoms with Gasteiger partial charge in [0, 0.05) is 5.69 Å². The molecule has 2 N–H and O–H groups in total.